The summed E-state index contributed by atoms with van der Waals surface area (Å²) in [5, 5.41) is 1.30. The first-order valence-corrected chi connectivity index (χ1v) is 12.6. The van der Waals surface area contributed by atoms with Gasteiger partial charge in [0.2, 0.25) is 0 Å². The number of hydrogen-bond acceptors (Lipinski definition) is 5. The van der Waals surface area contributed by atoms with E-state index in [1.807, 2.05) is 4.90 Å². The lowest BCUT2D eigenvalue weighted by atomic mass is 10.1. The molecule has 0 aromatic heterocycles. The number of anilines is 1. The van der Waals surface area contributed by atoms with Gasteiger partial charge in [-0.2, -0.15) is 4.99 Å². The molecule has 2 aliphatic heterocycles. The van der Waals surface area contributed by atoms with E-state index < -0.39 is 9.84 Å². The van der Waals surface area contributed by atoms with E-state index in [-0.39, 0.29) is 35.1 Å². The van der Waals surface area contributed by atoms with Crippen molar-refractivity contribution in [2.45, 2.75) is 17.7 Å². The lowest BCUT2D eigenvalue weighted by molar-refractivity contribution is -0.117. The van der Waals surface area contributed by atoms with E-state index in [4.69, 9.17) is 27.9 Å². The third kappa shape index (κ3) is 4.46. The summed E-state index contributed by atoms with van der Waals surface area (Å²) in [6.07, 6.45) is 0.131. The minimum absolute atomic E-state index is 0.0126. The molecule has 4 rings (SSSR count). The Labute approximate surface area is 189 Å². The van der Waals surface area contributed by atoms with Crippen LogP contribution in [-0.2, 0) is 21.1 Å². The lowest BCUT2D eigenvalue weighted by Gasteiger charge is -2.25. The van der Waals surface area contributed by atoms with E-state index in [2.05, 4.69) is 4.99 Å². The first kappa shape index (κ1) is 21.5. The van der Waals surface area contributed by atoms with E-state index in [0.29, 0.717) is 26.6 Å². The SMILES string of the molecule is COc1ccc(N2C(=NC(=O)Cc3ccc(Cl)cc3)S[C@@H]3CS(=O)(=O)C[C@@H]32)cc1Cl. The third-order valence-corrected chi connectivity index (χ3v) is 8.73. The van der Waals surface area contributed by atoms with Crippen LogP contribution in [0.3, 0.4) is 0 Å². The summed E-state index contributed by atoms with van der Waals surface area (Å²) >= 11 is 13.5. The van der Waals surface area contributed by atoms with Crippen molar-refractivity contribution in [3.05, 3.63) is 58.1 Å². The maximum Gasteiger partial charge on any atom is 0.252 e. The van der Waals surface area contributed by atoms with Gasteiger partial charge in [-0.3, -0.25) is 4.79 Å². The molecule has 6 nitrogen and oxygen atoms in total. The van der Waals surface area contributed by atoms with E-state index in [9.17, 15) is 13.2 Å². The molecular weight excluding hydrogens is 467 g/mol. The molecule has 2 aromatic rings. The minimum Gasteiger partial charge on any atom is -0.495 e. The molecule has 2 aromatic carbocycles. The van der Waals surface area contributed by atoms with Crippen LogP contribution < -0.4 is 9.64 Å². The van der Waals surface area contributed by atoms with Gasteiger partial charge in [-0.05, 0) is 35.9 Å². The molecule has 0 aliphatic carbocycles. The summed E-state index contributed by atoms with van der Waals surface area (Å²) in [6, 6.07) is 11.9. The Morgan fingerprint density at radius 1 is 1.20 bits per heavy atom. The van der Waals surface area contributed by atoms with Crippen molar-refractivity contribution < 1.29 is 17.9 Å². The van der Waals surface area contributed by atoms with E-state index in [1.54, 1.807) is 42.5 Å². The molecule has 30 heavy (non-hydrogen) atoms. The van der Waals surface area contributed by atoms with Crippen molar-refractivity contribution in [3.63, 3.8) is 0 Å². The van der Waals surface area contributed by atoms with Gasteiger partial charge in [-0.15, -0.1) is 0 Å². The zero-order valence-electron chi connectivity index (χ0n) is 15.9. The number of carbonyl (C=O) groups is 1. The molecule has 0 radical (unpaired) electrons. The fraction of sp³-hybridized carbons (Fsp3) is 0.300. The molecular formula is C20H18Cl2N2O4S2. The van der Waals surface area contributed by atoms with Gasteiger partial charge in [0, 0.05) is 16.0 Å². The number of rotatable bonds is 4. The molecule has 0 N–H and O–H groups in total. The summed E-state index contributed by atoms with van der Waals surface area (Å²) in [5.41, 5.74) is 1.48. The Balaban J connectivity index is 1.65. The predicted octanol–water partition coefficient (Wildman–Crippen LogP) is 3.85. The molecule has 0 bridgehead atoms. The second-order valence-electron chi connectivity index (χ2n) is 7.08. The van der Waals surface area contributed by atoms with Crippen LogP contribution in [0, 0.1) is 0 Å². The van der Waals surface area contributed by atoms with Gasteiger partial charge >= 0.3 is 0 Å². The number of hydrogen-bond donors (Lipinski definition) is 0. The highest BCUT2D eigenvalue weighted by Crippen LogP contribution is 2.42. The number of thioether (sulfide) groups is 1. The smallest absolute Gasteiger partial charge is 0.252 e. The van der Waals surface area contributed by atoms with Gasteiger partial charge < -0.3 is 9.64 Å². The van der Waals surface area contributed by atoms with Crippen LogP contribution in [-0.4, -0.2) is 49.4 Å². The van der Waals surface area contributed by atoms with Crippen LogP contribution in [0.25, 0.3) is 0 Å². The van der Waals surface area contributed by atoms with E-state index >= 15 is 0 Å². The summed E-state index contributed by atoms with van der Waals surface area (Å²) in [4.78, 5) is 18.7. The number of methoxy groups -OCH3 is 1. The largest absolute Gasteiger partial charge is 0.495 e. The molecule has 0 spiro atoms. The number of sulfone groups is 1. The number of amidine groups is 1. The highest BCUT2D eigenvalue weighted by Gasteiger charge is 2.49. The average Bonchev–Trinajstić information content (AvgIpc) is 3.14. The topological polar surface area (TPSA) is 76.0 Å². The van der Waals surface area contributed by atoms with Crippen molar-refractivity contribution >= 4 is 61.6 Å². The zero-order valence-corrected chi connectivity index (χ0v) is 19.1. The highest BCUT2D eigenvalue weighted by atomic mass is 35.5. The Bertz CT molecular complexity index is 1120. The van der Waals surface area contributed by atoms with Crippen molar-refractivity contribution in [2.24, 2.45) is 4.99 Å². The monoisotopic (exact) mass is 484 g/mol. The van der Waals surface area contributed by atoms with Gasteiger partial charge in [0.15, 0.2) is 15.0 Å². The number of ether oxygens (including phenoxy) is 1. The average molecular weight is 485 g/mol. The predicted molar refractivity (Wildman–Crippen MR) is 122 cm³/mol. The van der Waals surface area contributed by atoms with Crippen molar-refractivity contribution in [1.82, 2.24) is 0 Å². The van der Waals surface area contributed by atoms with E-state index in [1.165, 1.54) is 18.9 Å². The summed E-state index contributed by atoms with van der Waals surface area (Å²) in [5.74, 6) is 0.277. The van der Waals surface area contributed by atoms with Crippen LogP contribution in [0.1, 0.15) is 5.56 Å². The molecule has 2 atom stereocenters. The summed E-state index contributed by atoms with van der Waals surface area (Å²) < 4.78 is 29.6. The number of halogens is 2. The van der Waals surface area contributed by atoms with Crippen molar-refractivity contribution in [3.8, 4) is 5.75 Å². The Morgan fingerprint density at radius 3 is 2.60 bits per heavy atom. The van der Waals surface area contributed by atoms with Crippen molar-refractivity contribution in [1.29, 1.82) is 0 Å². The molecule has 2 saturated heterocycles. The van der Waals surface area contributed by atoms with Gasteiger partial charge in [-0.25, -0.2) is 8.42 Å². The molecule has 1 amide bonds. The molecule has 0 unspecified atom stereocenters. The fourth-order valence-corrected chi connectivity index (χ4v) is 7.90. The van der Waals surface area contributed by atoms with Gasteiger partial charge in [0.05, 0.1) is 36.1 Å². The third-order valence-electron chi connectivity index (χ3n) is 4.97. The number of aliphatic imine (C=N–C) groups is 1. The summed E-state index contributed by atoms with van der Waals surface area (Å²) in [6.45, 7) is 0. The van der Waals surface area contributed by atoms with Gasteiger partial charge in [0.25, 0.3) is 5.91 Å². The maximum absolute atomic E-state index is 12.6. The Kier molecular flexibility index (Phi) is 6.03. The van der Waals surface area contributed by atoms with E-state index in [0.717, 1.165) is 5.56 Å². The molecule has 2 aliphatic rings. The molecule has 0 saturated carbocycles. The molecule has 10 heteroatoms. The number of carbonyl (C=O) groups excluding carboxylic acids is 1. The van der Waals surface area contributed by atoms with Gasteiger partial charge in [-0.1, -0.05) is 47.1 Å². The van der Waals surface area contributed by atoms with Crippen LogP contribution in [0.4, 0.5) is 5.69 Å². The van der Waals surface area contributed by atoms with Crippen molar-refractivity contribution in [2.75, 3.05) is 23.5 Å². The second kappa shape index (κ2) is 8.42. The zero-order chi connectivity index (χ0) is 21.5. The first-order chi connectivity index (χ1) is 14.3. The minimum atomic E-state index is -3.15. The maximum atomic E-state index is 12.6. The number of amides is 1. The molecule has 158 valence electrons. The van der Waals surface area contributed by atoms with Gasteiger partial charge in [0.1, 0.15) is 5.75 Å². The first-order valence-electron chi connectivity index (χ1n) is 9.11. The Hall–Kier alpha value is -1.74. The van der Waals surface area contributed by atoms with Crippen LogP contribution in [0.15, 0.2) is 47.5 Å². The Morgan fingerprint density at radius 2 is 1.93 bits per heavy atom. The highest BCUT2D eigenvalue weighted by molar-refractivity contribution is 8.16. The fourth-order valence-electron chi connectivity index (χ4n) is 3.59. The molecule has 2 fully saturated rings. The molecule has 2 heterocycles. The summed E-state index contributed by atoms with van der Waals surface area (Å²) in [7, 11) is -1.62. The number of fused-ring (bicyclic) bond motifs is 1. The lowest BCUT2D eigenvalue weighted by Crippen LogP contribution is -2.37. The number of nitrogens with zero attached hydrogens (tertiary/aromatic N) is 2. The normalized spacial score (nSPS) is 23.6. The number of benzene rings is 2. The van der Waals surface area contributed by atoms with Crippen LogP contribution in [0.5, 0.6) is 5.75 Å². The second-order valence-corrected chi connectivity index (χ2v) is 11.3. The quantitative estimate of drug-likeness (QED) is 0.655. The standard InChI is InChI=1S/C20H18Cl2N2O4S2/c1-28-17-7-6-14(9-15(17)22)24-16-10-30(26,27)11-18(16)29-20(24)23-19(25)8-12-2-4-13(21)5-3-12/h2-7,9,16,18H,8,10-11H2,1H3/t16-,18+/m0/s1. The van der Waals surface area contributed by atoms with Crippen LogP contribution >= 0.6 is 35.0 Å². The van der Waals surface area contributed by atoms with Crippen LogP contribution in [0.2, 0.25) is 10.0 Å².